The molecule has 44 heavy (non-hydrogen) atoms. The van der Waals surface area contributed by atoms with Gasteiger partial charge in [-0.25, -0.2) is 0 Å². The molecule has 14 heterocycles. The van der Waals surface area contributed by atoms with Crippen LogP contribution in [0.15, 0.2) is 146 Å². The second kappa shape index (κ2) is 10.7. The Morgan fingerprint density at radius 1 is 0.159 bits per heavy atom. The SMILES string of the molecule is c1cc2ccc1=c1ccc(s1)=c1ccc(cc1)=c1ccc(s1)=c1ccc(cc1)=c1ccc(s1)=c1ccc(cc1)=c1ccc=2s1. The van der Waals surface area contributed by atoms with Crippen molar-refractivity contribution in [2.45, 2.75) is 0 Å². The van der Waals surface area contributed by atoms with Gasteiger partial charge in [0.15, 0.2) is 0 Å². The molecule has 4 aromatic heterocycles. The average Bonchev–Trinajstić information content (AvgIpc) is 3.92. The molecule has 4 aromatic carbocycles. The van der Waals surface area contributed by atoms with E-state index in [-0.39, 0.29) is 0 Å². The summed E-state index contributed by atoms with van der Waals surface area (Å²) in [6.07, 6.45) is 0. The Labute approximate surface area is 267 Å². The fourth-order valence-electron chi connectivity index (χ4n) is 5.79. The van der Waals surface area contributed by atoms with Crippen LogP contribution in [0, 0.1) is 78.0 Å². The monoisotopic (exact) mass is 632 g/mol. The van der Waals surface area contributed by atoms with Crippen LogP contribution in [-0.2, 0) is 0 Å². The molecule has 10 aliphatic rings. The van der Waals surface area contributed by atoms with Crippen molar-refractivity contribution in [3.05, 3.63) is 224 Å². The highest BCUT2D eigenvalue weighted by molar-refractivity contribution is 7.09. The van der Waals surface area contributed by atoms with E-state index in [4.69, 9.17) is 0 Å². The first-order valence-corrected chi connectivity index (χ1v) is 17.8. The van der Waals surface area contributed by atoms with Crippen molar-refractivity contribution in [1.29, 1.82) is 0 Å². The third-order valence-electron chi connectivity index (χ3n) is 8.24. The summed E-state index contributed by atoms with van der Waals surface area (Å²) in [6.45, 7) is 0. The zero-order valence-electron chi connectivity index (χ0n) is 23.5. The molecule has 0 saturated carbocycles. The predicted octanol–water partition coefficient (Wildman–Crippen LogP) is 10.5. The molecule has 8 aromatic rings. The maximum atomic E-state index is 2.26. The first kappa shape index (κ1) is 26.1. The molecular weight excluding hydrogens is 609 g/mol. The van der Waals surface area contributed by atoms with Crippen LogP contribution in [0.2, 0.25) is 0 Å². The second-order valence-electron chi connectivity index (χ2n) is 11.0. The van der Waals surface area contributed by atoms with Gasteiger partial charge >= 0.3 is 0 Å². The highest BCUT2D eigenvalue weighted by Gasteiger charge is 1.96. The fraction of sp³-hybridized carbons (Fsp3) is 0. The molecule has 208 valence electrons. The van der Waals surface area contributed by atoms with E-state index in [9.17, 15) is 0 Å². The van der Waals surface area contributed by atoms with Crippen molar-refractivity contribution < 1.29 is 0 Å². The molecule has 0 atom stereocenters. The number of rotatable bonds is 0. The minimum atomic E-state index is 1.26. The van der Waals surface area contributed by atoms with Crippen molar-refractivity contribution in [3.8, 4) is 0 Å². The summed E-state index contributed by atoms with van der Waals surface area (Å²) in [5.74, 6) is 0. The van der Waals surface area contributed by atoms with Gasteiger partial charge in [-0.15, -0.1) is 45.3 Å². The van der Waals surface area contributed by atoms with Gasteiger partial charge in [-0.1, -0.05) is 97.1 Å². The van der Waals surface area contributed by atoms with E-state index >= 15 is 0 Å². The number of hydrogen-bond donors (Lipinski definition) is 0. The summed E-state index contributed by atoms with van der Waals surface area (Å²) < 4.78 is 10.4. The topological polar surface area (TPSA) is 0 Å². The van der Waals surface area contributed by atoms with E-state index in [1.165, 1.54) is 78.0 Å². The lowest BCUT2D eigenvalue weighted by Gasteiger charge is -1.88. The van der Waals surface area contributed by atoms with Crippen molar-refractivity contribution in [1.82, 2.24) is 0 Å². The lowest BCUT2D eigenvalue weighted by atomic mass is 10.2. The molecule has 0 fully saturated rings. The van der Waals surface area contributed by atoms with E-state index < -0.39 is 0 Å². The smallest absolute Gasteiger partial charge is 0.0349 e. The first-order valence-electron chi connectivity index (χ1n) is 14.6. The second-order valence-corrected chi connectivity index (χ2v) is 15.3. The van der Waals surface area contributed by atoms with Crippen molar-refractivity contribution in [2.75, 3.05) is 0 Å². The third kappa shape index (κ3) is 4.72. The van der Waals surface area contributed by atoms with E-state index in [0.717, 1.165) is 0 Å². The summed E-state index contributed by atoms with van der Waals surface area (Å²) in [6, 6.07) is 54.1. The Hall–Kier alpha value is -4.32. The minimum absolute atomic E-state index is 1.26. The van der Waals surface area contributed by atoms with Crippen LogP contribution in [0.4, 0.5) is 0 Å². The van der Waals surface area contributed by atoms with Gasteiger partial charge in [-0.05, 0) is 90.3 Å². The van der Waals surface area contributed by atoms with E-state index in [0.29, 0.717) is 0 Å². The summed E-state index contributed by atoms with van der Waals surface area (Å²) in [5, 5.41) is 10.1. The molecule has 0 N–H and O–H groups in total. The van der Waals surface area contributed by atoms with Gasteiger partial charge in [0.05, 0.1) is 0 Å². The summed E-state index contributed by atoms with van der Waals surface area (Å²) in [5.41, 5.74) is 0. The van der Waals surface area contributed by atoms with Gasteiger partial charge < -0.3 is 0 Å². The van der Waals surface area contributed by atoms with Gasteiger partial charge in [0.25, 0.3) is 0 Å². The molecule has 4 heteroatoms. The molecule has 0 spiro atoms. The molecule has 0 saturated heterocycles. The van der Waals surface area contributed by atoms with Crippen LogP contribution in [0.25, 0.3) is 0 Å². The van der Waals surface area contributed by atoms with Crippen LogP contribution >= 0.6 is 45.3 Å². The summed E-state index contributed by atoms with van der Waals surface area (Å²) in [7, 11) is 0. The molecule has 0 amide bonds. The average molecular weight is 633 g/mol. The summed E-state index contributed by atoms with van der Waals surface area (Å²) >= 11 is 7.42. The molecule has 0 nitrogen and oxygen atoms in total. The van der Waals surface area contributed by atoms with Gasteiger partial charge in [0.2, 0.25) is 0 Å². The Balaban J connectivity index is 1.38. The molecule has 0 aliphatic carbocycles. The molecule has 18 rings (SSSR count). The van der Waals surface area contributed by atoms with Crippen LogP contribution in [0.3, 0.4) is 0 Å². The van der Waals surface area contributed by atoms with Crippen LogP contribution in [-0.4, -0.2) is 0 Å². The van der Waals surface area contributed by atoms with Crippen molar-refractivity contribution in [3.63, 3.8) is 0 Å². The first-order chi connectivity index (χ1) is 21.7. The summed E-state index contributed by atoms with van der Waals surface area (Å²) in [4.78, 5) is 0. The normalized spacial score (nSPS) is 11.6. The van der Waals surface area contributed by atoms with E-state index in [1.807, 2.05) is 45.3 Å². The zero-order valence-corrected chi connectivity index (χ0v) is 26.8. The van der Waals surface area contributed by atoms with E-state index in [1.54, 1.807) is 0 Å². The Bertz CT molecular complexity index is 2450. The number of benzene rings is 4. The Morgan fingerprint density at radius 2 is 0.273 bits per heavy atom. The van der Waals surface area contributed by atoms with Crippen molar-refractivity contribution >= 4 is 45.3 Å². The third-order valence-corrected chi connectivity index (χ3v) is 13.0. The maximum Gasteiger partial charge on any atom is 0.0349 e. The highest BCUT2D eigenvalue weighted by atomic mass is 32.1. The lowest BCUT2D eigenvalue weighted by molar-refractivity contribution is 1.50. The van der Waals surface area contributed by atoms with Gasteiger partial charge in [0.1, 0.15) is 0 Å². The molecule has 16 bridgehead atoms. The van der Waals surface area contributed by atoms with Crippen LogP contribution in [0.1, 0.15) is 0 Å². The lowest BCUT2D eigenvalue weighted by Crippen LogP contribution is -1.71. The van der Waals surface area contributed by atoms with Crippen LogP contribution in [0.5, 0.6) is 0 Å². The zero-order chi connectivity index (χ0) is 29.0. The minimum Gasteiger partial charge on any atom is -0.135 e. The van der Waals surface area contributed by atoms with E-state index in [2.05, 4.69) is 146 Å². The number of hydrogen-bond acceptors (Lipinski definition) is 4. The maximum absolute atomic E-state index is 2.26. The van der Waals surface area contributed by atoms with Gasteiger partial charge in [-0.2, -0.15) is 0 Å². The Morgan fingerprint density at radius 3 is 0.386 bits per heavy atom. The highest BCUT2D eigenvalue weighted by Crippen LogP contribution is 2.16. The predicted molar refractivity (Wildman–Crippen MR) is 184 cm³/mol. The number of thiophene rings is 4. The molecular formula is C40H24S4. The van der Waals surface area contributed by atoms with Crippen molar-refractivity contribution in [2.24, 2.45) is 0 Å². The van der Waals surface area contributed by atoms with Crippen LogP contribution < -0.4 is 0 Å². The van der Waals surface area contributed by atoms with Gasteiger partial charge in [-0.3, -0.25) is 0 Å². The molecule has 0 radical (unpaired) electrons. The largest absolute Gasteiger partial charge is 0.135 e. The Kier molecular flexibility index (Phi) is 6.34. The quantitative estimate of drug-likeness (QED) is 0.156. The standard InChI is InChI=1S/C40H24S4/c1-2-26-4-3-25(1)33-17-18-35(41-33)27-5-7-29(8-6-27)37-21-22-39(43-37)31-13-15-32(16-14-31)40-24-23-38(44-40)30-11-9-28(10-12-30)36-20-19-34(26)42-36/h1-24H. The fourth-order valence-corrected chi connectivity index (χ4v) is 9.86. The molecule has 10 aliphatic heterocycles. The molecule has 0 unspecified atom stereocenters. The van der Waals surface area contributed by atoms with Gasteiger partial charge in [0, 0.05) is 36.3 Å².